The highest BCUT2D eigenvalue weighted by molar-refractivity contribution is 9.10. The molecule has 96 valence electrons. The molecule has 0 aliphatic carbocycles. The Morgan fingerprint density at radius 3 is 2.56 bits per heavy atom. The summed E-state index contributed by atoms with van der Waals surface area (Å²) in [6.45, 7) is 6.10. The molecule has 2 aromatic rings. The van der Waals surface area contributed by atoms with Crippen molar-refractivity contribution in [2.75, 3.05) is 7.11 Å². The van der Waals surface area contributed by atoms with E-state index in [2.05, 4.69) is 26.1 Å². The summed E-state index contributed by atoms with van der Waals surface area (Å²) in [6.07, 6.45) is 0. The fraction of sp³-hybridized carbons (Fsp3) is 0.385. The van der Waals surface area contributed by atoms with Crippen LogP contribution >= 0.6 is 15.9 Å². The van der Waals surface area contributed by atoms with Gasteiger partial charge in [0.05, 0.1) is 11.6 Å². The van der Waals surface area contributed by atoms with Crippen LogP contribution in [0.15, 0.2) is 27.2 Å². The first kappa shape index (κ1) is 13.1. The minimum atomic E-state index is -0.148. The molecular weight excluding hydrogens is 296 g/mol. The van der Waals surface area contributed by atoms with Gasteiger partial charge in [0.25, 0.3) is 0 Å². The maximum atomic E-state index is 5.27. The number of ether oxygens (including phenoxy) is 1. The van der Waals surface area contributed by atoms with Gasteiger partial charge in [-0.3, -0.25) is 0 Å². The molecule has 18 heavy (non-hydrogen) atoms. The molecule has 0 spiro atoms. The van der Waals surface area contributed by atoms with Gasteiger partial charge >= 0.3 is 0 Å². The third-order valence-corrected chi connectivity index (χ3v) is 3.13. The van der Waals surface area contributed by atoms with Crippen LogP contribution in [0.3, 0.4) is 0 Å². The molecule has 1 aromatic heterocycles. The van der Waals surface area contributed by atoms with E-state index in [0.29, 0.717) is 11.7 Å². The molecule has 1 heterocycles. The van der Waals surface area contributed by atoms with Crippen LogP contribution in [0.5, 0.6) is 5.75 Å². The Morgan fingerprint density at radius 2 is 2.00 bits per heavy atom. The van der Waals surface area contributed by atoms with Crippen molar-refractivity contribution in [2.45, 2.75) is 26.2 Å². The van der Waals surface area contributed by atoms with Crippen molar-refractivity contribution in [1.29, 1.82) is 0 Å². The molecule has 2 rings (SSSR count). The van der Waals surface area contributed by atoms with Crippen molar-refractivity contribution < 1.29 is 9.26 Å². The highest BCUT2D eigenvalue weighted by Gasteiger charge is 2.22. The maximum Gasteiger partial charge on any atom is 0.232 e. The van der Waals surface area contributed by atoms with Crippen molar-refractivity contribution in [3.05, 3.63) is 28.6 Å². The van der Waals surface area contributed by atoms with Crippen LogP contribution in [-0.4, -0.2) is 17.3 Å². The summed E-state index contributed by atoms with van der Waals surface area (Å²) in [7, 11) is 1.63. The molecule has 0 radical (unpaired) electrons. The average Bonchev–Trinajstić information content (AvgIpc) is 2.78. The van der Waals surface area contributed by atoms with E-state index in [0.717, 1.165) is 15.8 Å². The zero-order valence-corrected chi connectivity index (χ0v) is 12.4. The Labute approximate surface area is 114 Å². The van der Waals surface area contributed by atoms with Crippen molar-refractivity contribution >= 4 is 15.9 Å². The highest BCUT2D eigenvalue weighted by Crippen LogP contribution is 2.30. The van der Waals surface area contributed by atoms with Crippen LogP contribution in [0.1, 0.15) is 26.7 Å². The van der Waals surface area contributed by atoms with Gasteiger partial charge in [0, 0.05) is 11.0 Å². The van der Waals surface area contributed by atoms with E-state index >= 15 is 0 Å². The van der Waals surface area contributed by atoms with Gasteiger partial charge < -0.3 is 9.26 Å². The fourth-order valence-corrected chi connectivity index (χ4v) is 1.85. The summed E-state index contributed by atoms with van der Waals surface area (Å²) < 4.78 is 11.4. The van der Waals surface area contributed by atoms with Crippen molar-refractivity contribution in [1.82, 2.24) is 10.1 Å². The molecule has 0 amide bonds. The molecule has 4 nitrogen and oxygen atoms in total. The van der Waals surface area contributed by atoms with E-state index < -0.39 is 0 Å². The Balaban J connectivity index is 2.40. The minimum absolute atomic E-state index is 0.148. The summed E-state index contributed by atoms with van der Waals surface area (Å²) in [5.41, 5.74) is 0.722. The van der Waals surface area contributed by atoms with Crippen LogP contribution in [-0.2, 0) is 5.41 Å². The van der Waals surface area contributed by atoms with Crippen LogP contribution in [0.4, 0.5) is 0 Å². The quantitative estimate of drug-likeness (QED) is 0.846. The largest absolute Gasteiger partial charge is 0.496 e. The van der Waals surface area contributed by atoms with Gasteiger partial charge in [-0.25, -0.2) is 0 Å². The number of hydrogen-bond acceptors (Lipinski definition) is 4. The van der Waals surface area contributed by atoms with Crippen molar-refractivity contribution in [2.24, 2.45) is 0 Å². The first-order chi connectivity index (χ1) is 8.41. The monoisotopic (exact) mass is 310 g/mol. The second-order valence-electron chi connectivity index (χ2n) is 5.02. The predicted octanol–water partition coefficient (Wildman–Crippen LogP) is 3.81. The van der Waals surface area contributed by atoms with Gasteiger partial charge in [-0.15, -0.1) is 0 Å². The van der Waals surface area contributed by atoms with Crippen molar-refractivity contribution in [3.63, 3.8) is 0 Å². The lowest BCUT2D eigenvalue weighted by Crippen LogP contribution is -2.11. The fourth-order valence-electron chi connectivity index (χ4n) is 1.44. The van der Waals surface area contributed by atoms with Gasteiger partial charge in [0.2, 0.25) is 11.7 Å². The molecule has 1 aromatic carbocycles. The Bertz CT molecular complexity index is 558. The highest BCUT2D eigenvalue weighted by atomic mass is 79.9. The maximum absolute atomic E-state index is 5.27. The summed E-state index contributed by atoms with van der Waals surface area (Å²) in [6, 6.07) is 5.70. The van der Waals surface area contributed by atoms with Gasteiger partial charge in [0.15, 0.2) is 0 Å². The lowest BCUT2D eigenvalue weighted by atomic mass is 9.97. The van der Waals surface area contributed by atoms with Crippen molar-refractivity contribution in [3.8, 4) is 17.1 Å². The number of methoxy groups -OCH3 is 1. The topological polar surface area (TPSA) is 48.2 Å². The molecule has 0 fully saturated rings. The van der Waals surface area contributed by atoms with Crippen LogP contribution < -0.4 is 4.74 Å². The standard InChI is InChI=1S/C13H15BrN2O2/c1-13(2,3)12-15-11(16-18-12)8-5-6-9(14)10(7-8)17-4/h5-7H,1-4H3. The Kier molecular flexibility index (Phi) is 3.43. The lowest BCUT2D eigenvalue weighted by molar-refractivity contribution is 0.321. The van der Waals surface area contributed by atoms with Gasteiger partial charge in [-0.1, -0.05) is 25.9 Å². The van der Waals surface area contributed by atoms with Crippen LogP contribution in [0.25, 0.3) is 11.4 Å². The molecule has 0 aliphatic rings. The smallest absolute Gasteiger partial charge is 0.232 e. The van der Waals surface area contributed by atoms with E-state index in [1.165, 1.54) is 0 Å². The molecule has 0 saturated carbocycles. The van der Waals surface area contributed by atoms with Gasteiger partial charge in [-0.2, -0.15) is 4.98 Å². The molecule has 5 heteroatoms. The second kappa shape index (κ2) is 4.72. The number of hydrogen-bond donors (Lipinski definition) is 0. The lowest BCUT2D eigenvalue weighted by Gasteiger charge is -2.10. The number of benzene rings is 1. The minimum Gasteiger partial charge on any atom is -0.496 e. The first-order valence-corrected chi connectivity index (χ1v) is 6.39. The first-order valence-electron chi connectivity index (χ1n) is 5.60. The van der Waals surface area contributed by atoms with Crippen LogP contribution in [0.2, 0.25) is 0 Å². The van der Waals surface area contributed by atoms with Gasteiger partial charge in [-0.05, 0) is 34.1 Å². The van der Waals surface area contributed by atoms with E-state index in [1.807, 2.05) is 39.0 Å². The summed E-state index contributed by atoms with van der Waals surface area (Å²) in [5.74, 6) is 1.94. The normalized spacial score (nSPS) is 11.6. The molecule has 0 saturated heterocycles. The predicted molar refractivity (Wildman–Crippen MR) is 72.7 cm³/mol. The third-order valence-electron chi connectivity index (χ3n) is 2.48. The number of rotatable bonds is 2. The van der Waals surface area contributed by atoms with E-state index in [9.17, 15) is 0 Å². The number of aromatic nitrogens is 2. The van der Waals surface area contributed by atoms with Gasteiger partial charge in [0.1, 0.15) is 5.75 Å². The number of nitrogens with zero attached hydrogens (tertiary/aromatic N) is 2. The Hall–Kier alpha value is -1.36. The number of halogens is 1. The molecule has 0 unspecified atom stereocenters. The average molecular weight is 311 g/mol. The Morgan fingerprint density at radius 1 is 1.28 bits per heavy atom. The van der Waals surface area contributed by atoms with E-state index in [4.69, 9.17) is 9.26 Å². The third kappa shape index (κ3) is 2.56. The molecule has 0 aliphatic heterocycles. The summed E-state index contributed by atoms with van der Waals surface area (Å²) >= 11 is 3.41. The molecule has 0 bridgehead atoms. The SMILES string of the molecule is COc1cc(-c2noc(C(C)(C)C)n2)ccc1Br. The van der Waals surface area contributed by atoms with E-state index in [1.54, 1.807) is 7.11 Å². The van der Waals surface area contributed by atoms with E-state index in [-0.39, 0.29) is 5.41 Å². The van der Waals surface area contributed by atoms with Crippen LogP contribution in [0, 0.1) is 0 Å². The molecule has 0 atom stereocenters. The zero-order valence-electron chi connectivity index (χ0n) is 10.8. The second-order valence-corrected chi connectivity index (χ2v) is 5.88. The summed E-state index contributed by atoms with van der Waals surface area (Å²) in [4.78, 5) is 4.41. The summed E-state index contributed by atoms with van der Waals surface area (Å²) in [5, 5.41) is 4.00. The zero-order chi connectivity index (χ0) is 13.3. The molecule has 0 N–H and O–H groups in total. The molecular formula is C13H15BrN2O2.